The third-order valence-electron chi connectivity index (χ3n) is 3.38. The smallest absolute Gasteiger partial charge is 0.293 e. The van der Waals surface area contributed by atoms with Crippen LogP contribution in [0.25, 0.3) is 5.82 Å². The van der Waals surface area contributed by atoms with Gasteiger partial charge in [0.15, 0.2) is 5.69 Å². The van der Waals surface area contributed by atoms with E-state index in [1.54, 1.807) is 31.5 Å². The molecule has 12 heteroatoms. The summed E-state index contributed by atoms with van der Waals surface area (Å²) in [6, 6.07) is 3.55. The van der Waals surface area contributed by atoms with Crippen LogP contribution in [0, 0.1) is 0 Å². The Bertz CT molecular complexity index is 932. The molecule has 0 radical (unpaired) electrons. The topological polar surface area (TPSA) is 159 Å². The van der Waals surface area contributed by atoms with E-state index in [4.69, 9.17) is 10.5 Å². The first-order valence-corrected chi connectivity index (χ1v) is 7.38. The molecule has 0 atom stereocenters. The maximum Gasteiger partial charge on any atom is 0.293 e. The molecule has 3 aromatic heterocycles. The average molecular weight is 357 g/mol. The van der Waals surface area contributed by atoms with Crippen LogP contribution in [0.1, 0.15) is 28.7 Å². The number of pyridine rings is 1. The van der Waals surface area contributed by atoms with Crippen molar-refractivity contribution in [3.05, 3.63) is 41.5 Å². The number of amides is 1. The fourth-order valence-electron chi connectivity index (χ4n) is 2.10. The van der Waals surface area contributed by atoms with Crippen LogP contribution in [-0.2, 0) is 11.3 Å². The van der Waals surface area contributed by atoms with E-state index in [-0.39, 0.29) is 23.9 Å². The maximum atomic E-state index is 12.5. The summed E-state index contributed by atoms with van der Waals surface area (Å²) in [7, 11) is 1.47. The molecule has 1 amide bonds. The Balaban J connectivity index is 1.86. The molecular formula is C14H15N9O3. The summed E-state index contributed by atoms with van der Waals surface area (Å²) in [5, 5.41) is 18.9. The van der Waals surface area contributed by atoms with E-state index >= 15 is 0 Å². The highest BCUT2D eigenvalue weighted by Crippen LogP contribution is 2.16. The highest BCUT2D eigenvalue weighted by Gasteiger charge is 2.23. The van der Waals surface area contributed by atoms with Gasteiger partial charge in [0.2, 0.25) is 11.6 Å². The second-order valence-corrected chi connectivity index (χ2v) is 5.08. The second-order valence-electron chi connectivity index (χ2n) is 5.08. The number of hydrogen-bond donors (Lipinski definition) is 2. The maximum absolute atomic E-state index is 12.5. The molecule has 134 valence electrons. The lowest BCUT2D eigenvalue weighted by molar-refractivity contribution is 0.0944. The first-order chi connectivity index (χ1) is 12.6. The predicted molar refractivity (Wildman–Crippen MR) is 88.3 cm³/mol. The predicted octanol–water partition coefficient (Wildman–Crippen LogP) is -0.0721. The van der Waals surface area contributed by atoms with Crippen molar-refractivity contribution in [1.29, 1.82) is 0 Å². The number of nitrogens with zero attached hydrogens (tertiary/aromatic N) is 7. The summed E-state index contributed by atoms with van der Waals surface area (Å²) >= 11 is 0. The minimum Gasteiger partial charge on any atom is -0.378 e. The van der Waals surface area contributed by atoms with Crippen molar-refractivity contribution in [2.75, 3.05) is 12.8 Å². The normalized spacial score (nSPS) is 11.5. The van der Waals surface area contributed by atoms with Gasteiger partial charge in [-0.1, -0.05) is 5.21 Å². The molecule has 0 spiro atoms. The van der Waals surface area contributed by atoms with Crippen molar-refractivity contribution in [3.8, 4) is 5.82 Å². The number of anilines is 1. The zero-order valence-electron chi connectivity index (χ0n) is 13.9. The molecule has 0 saturated heterocycles. The number of nitrogens with two attached hydrogens (primary N) is 1. The highest BCUT2D eigenvalue weighted by atomic mass is 16.6. The molecule has 3 aromatic rings. The van der Waals surface area contributed by atoms with Gasteiger partial charge in [-0.25, -0.2) is 10.1 Å². The van der Waals surface area contributed by atoms with Gasteiger partial charge in [-0.2, -0.15) is 9.78 Å². The van der Waals surface area contributed by atoms with Gasteiger partial charge in [0, 0.05) is 25.1 Å². The van der Waals surface area contributed by atoms with Gasteiger partial charge in [-0.3, -0.25) is 9.78 Å². The van der Waals surface area contributed by atoms with Crippen molar-refractivity contribution < 1.29 is 14.2 Å². The van der Waals surface area contributed by atoms with Gasteiger partial charge in [0.1, 0.15) is 5.69 Å². The Morgan fingerprint density at radius 1 is 1.38 bits per heavy atom. The minimum atomic E-state index is -0.563. The quantitative estimate of drug-likeness (QED) is 0.454. The number of carbonyl (C=O) groups is 1. The van der Waals surface area contributed by atoms with E-state index in [1.165, 1.54) is 11.8 Å². The molecule has 0 unspecified atom stereocenters. The Morgan fingerprint density at radius 3 is 2.81 bits per heavy atom. The van der Waals surface area contributed by atoms with E-state index in [1.807, 2.05) is 0 Å². The standard InChI is InChI=1S/C14H15N9O3/c1-8(9-3-5-16-6-4-9)17-19-14(24)11-10(7-25-2)23(22-18-11)13-12(15)20-26-21-13/h3-6H,7H2,1-2H3,(H2,15,20)(H,19,24)/b17-8-. The molecular weight excluding hydrogens is 342 g/mol. The van der Waals surface area contributed by atoms with Crippen LogP contribution in [0.15, 0.2) is 34.3 Å². The number of nitrogen functional groups attached to an aromatic ring is 1. The summed E-state index contributed by atoms with van der Waals surface area (Å²) in [5.41, 5.74) is 9.86. The number of hydrogen-bond acceptors (Lipinski definition) is 10. The Kier molecular flexibility index (Phi) is 4.94. The molecule has 0 aromatic carbocycles. The Morgan fingerprint density at radius 2 is 2.15 bits per heavy atom. The molecule has 0 aliphatic heterocycles. The number of ether oxygens (including phenoxy) is 1. The summed E-state index contributed by atoms with van der Waals surface area (Å²) in [6.45, 7) is 1.79. The SMILES string of the molecule is COCc1c(C(=O)N/N=C(/C)c2ccncc2)nnn1-c1nonc1N. The minimum absolute atomic E-state index is 0.00534. The molecule has 0 saturated carbocycles. The third kappa shape index (κ3) is 3.39. The summed E-state index contributed by atoms with van der Waals surface area (Å²) in [6.07, 6.45) is 3.27. The first-order valence-electron chi connectivity index (χ1n) is 7.38. The van der Waals surface area contributed by atoms with Gasteiger partial charge < -0.3 is 10.5 Å². The lowest BCUT2D eigenvalue weighted by Crippen LogP contribution is -2.22. The molecule has 3 heterocycles. The highest BCUT2D eigenvalue weighted by molar-refractivity contribution is 6.00. The summed E-state index contributed by atoms with van der Waals surface area (Å²) in [5.74, 6) is -0.447. The molecule has 0 bridgehead atoms. The number of hydrazone groups is 1. The van der Waals surface area contributed by atoms with Gasteiger partial charge in [0.05, 0.1) is 12.3 Å². The monoisotopic (exact) mass is 357 g/mol. The molecule has 3 rings (SSSR count). The van der Waals surface area contributed by atoms with Crippen LogP contribution in [0.2, 0.25) is 0 Å². The number of rotatable bonds is 6. The Labute approximate surface area is 147 Å². The number of carbonyl (C=O) groups excluding carboxylic acids is 1. The van der Waals surface area contributed by atoms with Crippen molar-refractivity contribution >= 4 is 17.4 Å². The van der Waals surface area contributed by atoms with Crippen LogP contribution < -0.4 is 11.2 Å². The largest absolute Gasteiger partial charge is 0.378 e. The molecule has 12 nitrogen and oxygen atoms in total. The number of aromatic nitrogens is 6. The third-order valence-corrected chi connectivity index (χ3v) is 3.38. The molecule has 3 N–H and O–H groups in total. The van der Waals surface area contributed by atoms with E-state index in [0.29, 0.717) is 11.4 Å². The molecule has 26 heavy (non-hydrogen) atoms. The molecule has 0 aliphatic rings. The number of methoxy groups -OCH3 is 1. The summed E-state index contributed by atoms with van der Waals surface area (Å²) < 4.78 is 10.9. The summed E-state index contributed by atoms with van der Waals surface area (Å²) in [4.78, 5) is 16.4. The number of nitrogens with one attached hydrogen (secondary N) is 1. The van der Waals surface area contributed by atoms with Crippen LogP contribution >= 0.6 is 0 Å². The van der Waals surface area contributed by atoms with E-state index in [9.17, 15) is 4.79 Å². The van der Waals surface area contributed by atoms with E-state index in [2.05, 4.69) is 40.8 Å². The van der Waals surface area contributed by atoms with Gasteiger partial charge in [-0.05, 0) is 29.4 Å². The first kappa shape index (κ1) is 17.2. The Hall–Kier alpha value is -3.67. The molecule has 0 aliphatic carbocycles. The lowest BCUT2D eigenvalue weighted by Gasteiger charge is -2.04. The fraction of sp³-hybridized carbons (Fsp3) is 0.214. The van der Waals surface area contributed by atoms with Gasteiger partial charge in [-0.15, -0.1) is 5.10 Å². The van der Waals surface area contributed by atoms with Crippen molar-refractivity contribution in [1.82, 2.24) is 35.7 Å². The zero-order valence-corrected chi connectivity index (χ0v) is 13.9. The van der Waals surface area contributed by atoms with Crippen LogP contribution in [0.5, 0.6) is 0 Å². The van der Waals surface area contributed by atoms with Crippen molar-refractivity contribution in [2.45, 2.75) is 13.5 Å². The molecule has 0 fully saturated rings. The average Bonchev–Trinajstić information content (AvgIpc) is 3.26. The van der Waals surface area contributed by atoms with Crippen LogP contribution in [0.3, 0.4) is 0 Å². The van der Waals surface area contributed by atoms with Gasteiger partial charge >= 0.3 is 0 Å². The van der Waals surface area contributed by atoms with Crippen LogP contribution in [-0.4, -0.2) is 49.0 Å². The second kappa shape index (κ2) is 7.48. The van der Waals surface area contributed by atoms with Crippen LogP contribution in [0.4, 0.5) is 5.82 Å². The van der Waals surface area contributed by atoms with E-state index in [0.717, 1.165) is 5.56 Å². The fourth-order valence-corrected chi connectivity index (χ4v) is 2.10. The van der Waals surface area contributed by atoms with Gasteiger partial charge in [0.25, 0.3) is 5.91 Å². The zero-order chi connectivity index (χ0) is 18.5. The van der Waals surface area contributed by atoms with Crippen molar-refractivity contribution in [2.24, 2.45) is 5.10 Å². The van der Waals surface area contributed by atoms with E-state index < -0.39 is 5.91 Å². The lowest BCUT2D eigenvalue weighted by atomic mass is 10.2. The van der Waals surface area contributed by atoms with Crippen molar-refractivity contribution in [3.63, 3.8) is 0 Å².